The Morgan fingerprint density at radius 2 is 2.26 bits per heavy atom. The molecule has 0 aromatic heterocycles. The van der Waals surface area contributed by atoms with Crippen LogP contribution in [-0.2, 0) is 6.42 Å². The van der Waals surface area contributed by atoms with Gasteiger partial charge < -0.3 is 20.7 Å². The summed E-state index contributed by atoms with van der Waals surface area (Å²) >= 11 is 0. The molecule has 1 atom stereocenters. The second-order valence-electron chi connectivity index (χ2n) is 4.72. The van der Waals surface area contributed by atoms with Crippen molar-refractivity contribution in [2.45, 2.75) is 12.5 Å². The van der Waals surface area contributed by atoms with Gasteiger partial charge in [0.25, 0.3) is 0 Å². The van der Waals surface area contributed by atoms with Crippen molar-refractivity contribution in [1.29, 1.82) is 0 Å². The number of halogens is 2. The minimum atomic E-state index is -0.636. The molecule has 1 aromatic rings. The highest BCUT2D eigenvalue weighted by molar-refractivity contribution is 5.38. The standard InChI is InChI=1S/C13H15F2N3O/c14-9-1-8-2-10(6-19-13(8)12(15)3-9)18-7-17-5-11(18)4-16/h1,3,5,10,17H,2,4,6-7,16H2/t10-/m1/s1. The highest BCUT2D eigenvalue weighted by Crippen LogP contribution is 2.31. The fourth-order valence-corrected chi connectivity index (χ4v) is 2.61. The summed E-state index contributed by atoms with van der Waals surface area (Å²) in [5.41, 5.74) is 7.21. The molecule has 0 saturated heterocycles. The second kappa shape index (κ2) is 4.70. The molecule has 4 nitrogen and oxygen atoms in total. The maximum absolute atomic E-state index is 13.6. The molecule has 0 amide bonds. The van der Waals surface area contributed by atoms with Crippen LogP contribution in [0.4, 0.5) is 8.78 Å². The average molecular weight is 267 g/mol. The van der Waals surface area contributed by atoms with Crippen LogP contribution in [0, 0.1) is 11.6 Å². The third-order valence-electron chi connectivity index (χ3n) is 3.51. The summed E-state index contributed by atoms with van der Waals surface area (Å²) in [5.74, 6) is -1.04. The fourth-order valence-electron chi connectivity index (χ4n) is 2.61. The number of rotatable bonds is 2. The topological polar surface area (TPSA) is 50.5 Å². The van der Waals surface area contributed by atoms with E-state index in [4.69, 9.17) is 10.5 Å². The molecule has 6 heteroatoms. The Morgan fingerprint density at radius 3 is 3.05 bits per heavy atom. The quantitative estimate of drug-likeness (QED) is 0.837. The second-order valence-corrected chi connectivity index (χ2v) is 4.72. The van der Waals surface area contributed by atoms with E-state index in [-0.39, 0.29) is 11.8 Å². The number of nitrogens with two attached hydrogens (primary N) is 1. The molecular formula is C13H15F2N3O. The summed E-state index contributed by atoms with van der Waals surface area (Å²) in [4.78, 5) is 2.08. The van der Waals surface area contributed by atoms with Crippen molar-refractivity contribution in [1.82, 2.24) is 10.2 Å². The fraction of sp³-hybridized carbons (Fsp3) is 0.385. The van der Waals surface area contributed by atoms with Gasteiger partial charge in [0.05, 0.1) is 12.7 Å². The first kappa shape index (κ1) is 12.2. The Balaban J connectivity index is 1.84. The molecule has 102 valence electrons. The smallest absolute Gasteiger partial charge is 0.168 e. The van der Waals surface area contributed by atoms with Crippen molar-refractivity contribution >= 4 is 0 Å². The van der Waals surface area contributed by atoms with E-state index in [9.17, 15) is 8.78 Å². The third kappa shape index (κ3) is 2.12. The van der Waals surface area contributed by atoms with Crippen LogP contribution in [0.15, 0.2) is 24.0 Å². The van der Waals surface area contributed by atoms with Gasteiger partial charge in [-0.2, -0.15) is 0 Å². The van der Waals surface area contributed by atoms with E-state index >= 15 is 0 Å². The van der Waals surface area contributed by atoms with E-state index in [2.05, 4.69) is 10.2 Å². The predicted octanol–water partition coefficient (Wildman–Crippen LogP) is 0.931. The molecule has 0 bridgehead atoms. The van der Waals surface area contributed by atoms with Gasteiger partial charge in [-0.1, -0.05) is 0 Å². The van der Waals surface area contributed by atoms with Crippen LogP contribution in [-0.4, -0.2) is 30.8 Å². The van der Waals surface area contributed by atoms with Crippen LogP contribution in [0.2, 0.25) is 0 Å². The number of hydrogen-bond donors (Lipinski definition) is 2. The number of ether oxygens (including phenoxy) is 1. The zero-order valence-electron chi connectivity index (χ0n) is 10.3. The van der Waals surface area contributed by atoms with Gasteiger partial charge in [-0.05, 0) is 12.5 Å². The zero-order valence-corrected chi connectivity index (χ0v) is 10.3. The van der Waals surface area contributed by atoms with E-state index in [0.29, 0.717) is 31.8 Å². The van der Waals surface area contributed by atoms with Crippen LogP contribution in [0.25, 0.3) is 0 Å². The summed E-state index contributed by atoms with van der Waals surface area (Å²) < 4.78 is 32.3. The summed E-state index contributed by atoms with van der Waals surface area (Å²) in [6, 6.07) is 2.22. The molecule has 3 rings (SSSR count). The molecule has 2 aliphatic rings. The lowest BCUT2D eigenvalue weighted by atomic mass is 10.0. The van der Waals surface area contributed by atoms with Crippen LogP contribution in [0.1, 0.15) is 5.56 Å². The molecule has 19 heavy (non-hydrogen) atoms. The molecular weight excluding hydrogens is 252 g/mol. The van der Waals surface area contributed by atoms with Gasteiger partial charge in [0.1, 0.15) is 12.4 Å². The SMILES string of the molecule is NCC1=CNCN1[C@H]1COc2c(F)cc(F)cc2C1. The molecule has 0 fully saturated rings. The lowest BCUT2D eigenvalue weighted by Crippen LogP contribution is -2.44. The predicted molar refractivity (Wildman–Crippen MR) is 66.3 cm³/mol. The highest BCUT2D eigenvalue weighted by atomic mass is 19.1. The van der Waals surface area contributed by atoms with Crippen LogP contribution >= 0.6 is 0 Å². The molecule has 0 saturated carbocycles. The molecule has 2 heterocycles. The van der Waals surface area contributed by atoms with E-state index in [1.54, 1.807) is 0 Å². The monoisotopic (exact) mass is 267 g/mol. The highest BCUT2D eigenvalue weighted by Gasteiger charge is 2.30. The lowest BCUT2D eigenvalue weighted by molar-refractivity contribution is 0.148. The van der Waals surface area contributed by atoms with Crippen molar-refractivity contribution in [2.75, 3.05) is 19.8 Å². The summed E-state index contributed by atoms with van der Waals surface area (Å²) in [5, 5.41) is 3.10. The van der Waals surface area contributed by atoms with Gasteiger partial charge in [0.2, 0.25) is 0 Å². The molecule has 3 N–H and O–H groups in total. The van der Waals surface area contributed by atoms with Crippen molar-refractivity contribution < 1.29 is 13.5 Å². The van der Waals surface area contributed by atoms with Gasteiger partial charge in [-0.15, -0.1) is 0 Å². The van der Waals surface area contributed by atoms with Crippen molar-refractivity contribution in [2.24, 2.45) is 5.73 Å². The number of fused-ring (bicyclic) bond motifs is 1. The Hall–Kier alpha value is -1.82. The largest absolute Gasteiger partial charge is 0.488 e. The van der Waals surface area contributed by atoms with Gasteiger partial charge in [0.15, 0.2) is 11.6 Å². The van der Waals surface area contributed by atoms with Gasteiger partial charge in [-0.25, -0.2) is 8.78 Å². The lowest BCUT2D eigenvalue weighted by Gasteiger charge is -2.34. The van der Waals surface area contributed by atoms with Crippen LogP contribution in [0.5, 0.6) is 5.75 Å². The molecule has 0 spiro atoms. The minimum Gasteiger partial charge on any atom is -0.488 e. The normalized spacial score (nSPS) is 21.5. The summed E-state index contributed by atoms with van der Waals surface area (Å²) in [6.45, 7) is 1.44. The number of hydrogen-bond acceptors (Lipinski definition) is 4. The van der Waals surface area contributed by atoms with Crippen molar-refractivity contribution in [3.05, 3.63) is 41.2 Å². The summed E-state index contributed by atoms with van der Waals surface area (Å²) in [6.07, 6.45) is 2.41. The Kier molecular flexibility index (Phi) is 3.02. The molecule has 0 aliphatic carbocycles. The van der Waals surface area contributed by atoms with Crippen LogP contribution < -0.4 is 15.8 Å². The van der Waals surface area contributed by atoms with Gasteiger partial charge in [-0.3, -0.25) is 0 Å². The van der Waals surface area contributed by atoms with E-state index in [0.717, 1.165) is 11.8 Å². The zero-order chi connectivity index (χ0) is 13.4. The number of nitrogens with one attached hydrogen (secondary N) is 1. The first-order valence-electron chi connectivity index (χ1n) is 6.19. The molecule has 0 unspecified atom stereocenters. The number of nitrogens with zero attached hydrogens (tertiary/aromatic N) is 1. The van der Waals surface area contributed by atoms with Crippen molar-refractivity contribution in [3.8, 4) is 5.75 Å². The van der Waals surface area contributed by atoms with Crippen molar-refractivity contribution in [3.63, 3.8) is 0 Å². The molecule has 2 aliphatic heterocycles. The Labute approximate surface area is 109 Å². The number of benzene rings is 1. The first-order valence-corrected chi connectivity index (χ1v) is 6.19. The van der Waals surface area contributed by atoms with E-state index in [1.807, 2.05) is 6.20 Å². The minimum absolute atomic E-state index is 0.0403. The maximum Gasteiger partial charge on any atom is 0.168 e. The Bertz CT molecular complexity index is 533. The first-order chi connectivity index (χ1) is 9.19. The summed E-state index contributed by atoms with van der Waals surface area (Å²) in [7, 11) is 0. The van der Waals surface area contributed by atoms with Crippen LogP contribution in [0.3, 0.4) is 0 Å². The maximum atomic E-state index is 13.6. The van der Waals surface area contributed by atoms with E-state index in [1.165, 1.54) is 6.07 Å². The van der Waals surface area contributed by atoms with E-state index < -0.39 is 11.6 Å². The third-order valence-corrected chi connectivity index (χ3v) is 3.51. The molecule has 1 aromatic carbocycles. The van der Waals surface area contributed by atoms with Gasteiger partial charge >= 0.3 is 0 Å². The molecule has 0 radical (unpaired) electrons. The average Bonchev–Trinajstić information content (AvgIpc) is 2.86. The Morgan fingerprint density at radius 1 is 1.42 bits per heavy atom. The van der Waals surface area contributed by atoms with Gasteiger partial charge in [0, 0.05) is 30.1 Å².